The van der Waals surface area contributed by atoms with Gasteiger partial charge in [0.2, 0.25) is 35.4 Å². The van der Waals surface area contributed by atoms with E-state index in [1.807, 2.05) is 5.38 Å². The third-order valence-electron chi connectivity index (χ3n) is 8.11. The summed E-state index contributed by atoms with van der Waals surface area (Å²) in [6.45, 7) is 2.75. The molecule has 5 rings (SSSR count). The molecule has 0 aliphatic carbocycles. The van der Waals surface area contributed by atoms with Gasteiger partial charge in [0.05, 0.1) is 6.54 Å². The second-order valence-corrected chi connectivity index (χ2v) is 13.5. The smallest absolute Gasteiger partial charge is 0.326 e. The molecule has 0 spiro atoms. The summed E-state index contributed by atoms with van der Waals surface area (Å²) in [5.41, 5.74) is 1.71. The summed E-state index contributed by atoms with van der Waals surface area (Å²) in [5.74, 6) is -5.47. The first kappa shape index (κ1) is 38.2. The van der Waals surface area contributed by atoms with Gasteiger partial charge in [-0.25, -0.2) is 4.79 Å². The van der Waals surface area contributed by atoms with Crippen molar-refractivity contribution in [2.45, 2.75) is 70.1 Å². The van der Waals surface area contributed by atoms with Crippen LogP contribution in [0.15, 0.2) is 72.1 Å². The third kappa shape index (κ3) is 12.1. The van der Waals surface area contributed by atoms with E-state index in [9.17, 15) is 38.7 Å². The average molecular weight is 719 g/mol. The van der Waals surface area contributed by atoms with E-state index in [1.165, 1.54) is 11.3 Å². The summed E-state index contributed by atoms with van der Waals surface area (Å²) in [6.07, 6.45) is -0.226. The van der Waals surface area contributed by atoms with Crippen molar-refractivity contribution in [2.24, 2.45) is 5.92 Å². The third-order valence-corrected chi connectivity index (χ3v) is 9.01. The van der Waals surface area contributed by atoms with Crippen LogP contribution >= 0.6 is 11.3 Å². The average Bonchev–Trinajstić information content (AvgIpc) is 3.61. The van der Waals surface area contributed by atoms with Crippen LogP contribution in [-0.4, -0.2) is 77.2 Å². The van der Waals surface area contributed by atoms with E-state index < -0.39 is 78.0 Å². The molecular formula is C36H42N6O8S. The molecular weight excluding hydrogens is 676 g/mol. The lowest BCUT2D eigenvalue weighted by Gasteiger charge is -2.26. The Balaban J connectivity index is 1.64. The van der Waals surface area contributed by atoms with Crippen LogP contribution in [0, 0.1) is 5.92 Å². The number of anilines is 1. The van der Waals surface area contributed by atoms with Crippen LogP contribution in [0.25, 0.3) is 0 Å². The minimum absolute atomic E-state index is 0.0376. The topological polar surface area (TPSA) is 212 Å². The predicted molar refractivity (Wildman–Crippen MR) is 189 cm³/mol. The summed E-state index contributed by atoms with van der Waals surface area (Å²) in [7, 11) is 0. The molecule has 270 valence electrons. The fraction of sp³-hybridized carbons (Fsp3) is 0.361. The predicted octanol–water partition coefficient (Wildman–Crippen LogP) is 1.30. The summed E-state index contributed by atoms with van der Waals surface area (Å²) in [5, 5.41) is 27.3. The molecule has 4 atom stereocenters. The highest BCUT2D eigenvalue weighted by Crippen LogP contribution is 2.15. The van der Waals surface area contributed by atoms with Crippen molar-refractivity contribution in [2.75, 3.05) is 11.9 Å². The Bertz CT molecular complexity index is 1700. The maximum absolute atomic E-state index is 13.9. The first-order valence-electron chi connectivity index (χ1n) is 16.5. The molecule has 0 saturated heterocycles. The number of nitrogens with one attached hydrogen (secondary N) is 6. The van der Waals surface area contributed by atoms with Gasteiger partial charge in [-0.3, -0.25) is 28.8 Å². The molecule has 2 bridgehead atoms. The highest BCUT2D eigenvalue weighted by Gasteiger charge is 2.31. The summed E-state index contributed by atoms with van der Waals surface area (Å²) < 4.78 is 0. The summed E-state index contributed by atoms with van der Waals surface area (Å²) in [4.78, 5) is 92.1. The monoisotopic (exact) mass is 718 g/mol. The fourth-order valence-corrected chi connectivity index (χ4v) is 6.11. The molecule has 2 aliphatic heterocycles. The Morgan fingerprint density at radius 1 is 0.804 bits per heavy atom. The number of amides is 6. The Morgan fingerprint density at radius 2 is 1.47 bits per heavy atom. The van der Waals surface area contributed by atoms with Gasteiger partial charge in [0.25, 0.3) is 0 Å². The normalized spacial score (nSPS) is 20.1. The van der Waals surface area contributed by atoms with Crippen molar-refractivity contribution in [1.29, 1.82) is 0 Å². The fourth-order valence-electron chi connectivity index (χ4n) is 5.36. The number of fused-ring (bicyclic) bond motifs is 18. The Labute approximate surface area is 299 Å². The standard InChI is InChI=1S/C36H42N6O8S/c1-21(2)32(36(49)50)42-35(48)27-18-23-10-12-24(13-11-23)38-29(43)14-15-30(44)39-28(19-25-9-6-16-51-25)33(46)37-20-31(45)40-26(34(47)41-27)17-22-7-4-3-5-8-22/h3-13,16,21,26-28,32H,14-15,17-20H2,1-2H3,(H,37,46)(H,38,43)(H,39,44)(H,40,45)(H,41,47)(H,42,48)(H,49,50). The van der Waals surface area contributed by atoms with Crippen LogP contribution in [-0.2, 0) is 52.8 Å². The van der Waals surface area contributed by atoms with Gasteiger partial charge >= 0.3 is 5.97 Å². The molecule has 51 heavy (non-hydrogen) atoms. The number of hydrogen-bond acceptors (Lipinski definition) is 8. The minimum Gasteiger partial charge on any atom is -0.480 e. The number of carbonyl (C=O) groups is 7. The lowest BCUT2D eigenvalue weighted by atomic mass is 10.0. The second kappa shape index (κ2) is 18.4. The van der Waals surface area contributed by atoms with E-state index in [1.54, 1.807) is 80.6 Å². The van der Waals surface area contributed by atoms with Crippen LogP contribution in [0.1, 0.15) is 42.7 Å². The minimum atomic E-state index is -1.25. The summed E-state index contributed by atoms with van der Waals surface area (Å²) in [6, 6.07) is 14.2. The molecule has 4 unspecified atom stereocenters. The number of aliphatic carboxylic acids is 1. The van der Waals surface area contributed by atoms with Gasteiger partial charge in [0, 0.05) is 42.7 Å². The molecule has 0 radical (unpaired) electrons. The molecule has 6 amide bonds. The zero-order valence-electron chi connectivity index (χ0n) is 28.3. The van der Waals surface area contributed by atoms with Gasteiger partial charge in [-0.2, -0.15) is 0 Å². The SMILES string of the molecule is CC(C)C(NC(=O)C1Cc2ccc(cc2)NC(=O)CCC(=O)NC(Cc2cccs2)C(=O)NCC(=O)NC(Cc2ccccc2)C(=O)N1)C(=O)O. The molecule has 1 aromatic heterocycles. The molecule has 7 N–H and O–H groups in total. The van der Waals surface area contributed by atoms with Crippen LogP contribution in [0.2, 0.25) is 0 Å². The number of rotatable bonds is 8. The highest BCUT2D eigenvalue weighted by atomic mass is 32.1. The lowest BCUT2D eigenvalue weighted by molar-refractivity contribution is -0.143. The zero-order chi connectivity index (χ0) is 36.9. The highest BCUT2D eigenvalue weighted by molar-refractivity contribution is 7.09. The van der Waals surface area contributed by atoms with Gasteiger partial charge in [-0.1, -0.05) is 62.4 Å². The van der Waals surface area contributed by atoms with Crippen molar-refractivity contribution in [3.8, 4) is 0 Å². The number of hydrogen-bond donors (Lipinski definition) is 7. The van der Waals surface area contributed by atoms with Gasteiger partial charge in [0.15, 0.2) is 0 Å². The van der Waals surface area contributed by atoms with E-state index in [0.29, 0.717) is 16.8 Å². The first-order chi connectivity index (χ1) is 24.4. The summed E-state index contributed by atoms with van der Waals surface area (Å²) >= 11 is 1.39. The Morgan fingerprint density at radius 3 is 2.12 bits per heavy atom. The van der Waals surface area contributed by atoms with Gasteiger partial charge < -0.3 is 37.0 Å². The molecule has 2 aromatic carbocycles. The molecule has 3 aromatic rings. The van der Waals surface area contributed by atoms with E-state index >= 15 is 0 Å². The van der Waals surface area contributed by atoms with Crippen LogP contribution in [0.4, 0.5) is 5.69 Å². The molecule has 0 fully saturated rings. The quantitative estimate of drug-likeness (QED) is 0.168. The molecule has 2 aliphatic rings. The molecule has 0 saturated carbocycles. The van der Waals surface area contributed by atoms with Crippen molar-refractivity contribution in [3.63, 3.8) is 0 Å². The number of benzene rings is 2. The Hall–Kier alpha value is -5.57. The van der Waals surface area contributed by atoms with Crippen molar-refractivity contribution in [1.82, 2.24) is 26.6 Å². The van der Waals surface area contributed by atoms with Crippen LogP contribution in [0.5, 0.6) is 0 Å². The largest absolute Gasteiger partial charge is 0.480 e. The lowest BCUT2D eigenvalue weighted by Crippen LogP contribution is -2.58. The number of thiophene rings is 1. The molecule has 3 heterocycles. The maximum Gasteiger partial charge on any atom is 0.326 e. The molecule has 15 heteroatoms. The van der Waals surface area contributed by atoms with Crippen molar-refractivity contribution < 1.29 is 38.7 Å². The van der Waals surface area contributed by atoms with Gasteiger partial charge in [-0.15, -0.1) is 11.3 Å². The number of carboxylic acid groups (broad SMARTS) is 1. The Kier molecular flexibility index (Phi) is 13.8. The van der Waals surface area contributed by atoms with Crippen molar-refractivity contribution >= 4 is 58.4 Å². The van der Waals surface area contributed by atoms with E-state index in [-0.39, 0.29) is 32.1 Å². The van der Waals surface area contributed by atoms with E-state index in [4.69, 9.17) is 0 Å². The number of carbonyl (C=O) groups excluding carboxylic acids is 6. The van der Waals surface area contributed by atoms with E-state index in [0.717, 1.165) is 4.88 Å². The zero-order valence-corrected chi connectivity index (χ0v) is 29.1. The second-order valence-electron chi connectivity index (χ2n) is 12.5. The number of carboxylic acids is 1. The van der Waals surface area contributed by atoms with Gasteiger partial charge in [0.1, 0.15) is 24.2 Å². The maximum atomic E-state index is 13.9. The first-order valence-corrected chi connectivity index (χ1v) is 17.4. The van der Waals surface area contributed by atoms with Gasteiger partial charge in [-0.05, 0) is 40.6 Å². The van der Waals surface area contributed by atoms with Crippen LogP contribution < -0.4 is 31.9 Å². The van der Waals surface area contributed by atoms with E-state index in [2.05, 4.69) is 31.9 Å². The van der Waals surface area contributed by atoms with Crippen molar-refractivity contribution in [3.05, 3.63) is 88.1 Å². The molecule has 14 nitrogen and oxygen atoms in total. The van der Waals surface area contributed by atoms with Crippen LogP contribution in [0.3, 0.4) is 0 Å².